The van der Waals surface area contributed by atoms with Gasteiger partial charge in [-0.1, -0.05) is 30.3 Å². The van der Waals surface area contributed by atoms with E-state index in [0.717, 1.165) is 33.3 Å². The number of nitrogens with two attached hydrogens (primary N) is 1. The minimum absolute atomic E-state index is 0.352. The van der Waals surface area contributed by atoms with Crippen molar-refractivity contribution < 1.29 is 14.3 Å². The lowest BCUT2D eigenvalue weighted by Gasteiger charge is -2.25. The number of para-hydroxylation sites is 1. The Balaban J connectivity index is 1.72. The Morgan fingerprint density at radius 1 is 1.17 bits per heavy atom. The SMILES string of the molecule is NC(=O)OC1CCOc2cc(-c3cnc4ccccc4c3)ccc21. The fourth-order valence-electron chi connectivity index (χ4n) is 3.03. The van der Waals surface area contributed by atoms with Crippen LogP contribution in [0.5, 0.6) is 5.75 Å². The number of primary amides is 1. The number of pyridine rings is 1. The average Bonchev–Trinajstić information content (AvgIpc) is 2.60. The van der Waals surface area contributed by atoms with E-state index < -0.39 is 6.09 Å². The Hall–Kier alpha value is -3.08. The number of ether oxygens (including phenoxy) is 2. The van der Waals surface area contributed by atoms with Crippen LogP contribution >= 0.6 is 0 Å². The maximum atomic E-state index is 11.0. The van der Waals surface area contributed by atoms with Crippen LogP contribution in [0, 0.1) is 0 Å². The number of aromatic nitrogens is 1. The van der Waals surface area contributed by atoms with E-state index >= 15 is 0 Å². The maximum Gasteiger partial charge on any atom is 0.405 e. The smallest absolute Gasteiger partial charge is 0.405 e. The summed E-state index contributed by atoms with van der Waals surface area (Å²) >= 11 is 0. The summed E-state index contributed by atoms with van der Waals surface area (Å²) in [5, 5.41) is 1.09. The summed E-state index contributed by atoms with van der Waals surface area (Å²) in [4.78, 5) is 15.5. The molecule has 0 spiro atoms. The van der Waals surface area contributed by atoms with Crippen LogP contribution in [0.2, 0.25) is 0 Å². The van der Waals surface area contributed by atoms with Gasteiger partial charge in [0.1, 0.15) is 11.9 Å². The van der Waals surface area contributed by atoms with Crippen LogP contribution < -0.4 is 10.5 Å². The third-order valence-electron chi connectivity index (χ3n) is 4.18. The normalized spacial score (nSPS) is 16.2. The molecule has 1 aliphatic rings. The number of carbonyl (C=O) groups excluding carboxylic acids is 1. The summed E-state index contributed by atoms with van der Waals surface area (Å²) in [6.07, 6.45) is 1.34. The minimum atomic E-state index is -0.768. The molecule has 24 heavy (non-hydrogen) atoms. The summed E-state index contributed by atoms with van der Waals surface area (Å²) in [5.74, 6) is 0.721. The summed E-state index contributed by atoms with van der Waals surface area (Å²) < 4.78 is 10.9. The first-order chi connectivity index (χ1) is 11.7. The Kier molecular flexibility index (Phi) is 3.54. The summed E-state index contributed by atoms with van der Waals surface area (Å²) in [6, 6.07) is 16.0. The van der Waals surface area contributed by atoms with Crippen molar-refractivity contribution in [2.24, 2.45) is 5.73 Å². The number of hydrogen-bond donors (Lipinski definition) is 1. The van der Waals surface area contributed by atoms with Gasteiger partial charge >= 0.3 is 6.09 Å². The molecule has 2 aromatic carbocycles. The molecule has 1 aromatic heterocycles. The molecule has 2 heterocycles. The summed E-state index contributed by atoms with van der Waals surface area (Å²) in [5.41, 5.74) is 8.97. The molecular formula is C19H16N2O3. The van der Waals surface area contributed by atoms with E-state index in [0.29, 0.717) is 13.0 Å². The van der Waals surface area contributed by atoms with E-state index in [9.17, 15) is 4.79 Å². The first kappa shape index (κ1) is 14.5. The number of rotatable bonds is 2. The molecule has 0 saturated heterocycles. The second-order valence-corrected chi connectivity index (χ2v) is 5.73. The van der Waals surface area contributed by atoms with Gasteiger partial charge < -0.3 is 15.2 Å². The second-order valence-electron chi connectivity index (χ2n) is 5.73. The monoisotopic (exact) mass is 320 g/mol. The van der Waals surface area contributed by atoms with Gasteiger partial charge in [0.05, 0.1) is 12.1 Å². The van der Waals surface area contributed by atoms with Gasteiger partial charge in [0.15, 0.2) is 0 Å². The summed E-state index contributed by atoms with van der Waals surface area (Å²) in [6.45, 7) is 0.490. The zero-order chi connectivity index (χ0) is 16.5. The quantitative estimate of drug-likeness (QED) is 0.779. The Morgan fingerprint density at radius 2 is 2.04 bits per heavy atom. The zero-order valence-electron chi connectivity index (χ0n) is 12.9. The number of hydrogen-bond acceptors (Lipinski definition) is 4. The van der Waals surface area contributed by atoms with E-state index in [-0.39, 0.29) is 6.10 Å². The molecule has 1 atom stereocenters. The molecular weight excluding hydrogens is 304 g/mol. The zero-order valence-corrected chi connectivity index (χ0v) is 12.9. The Morgan fingerprint density at radius 3 is 2.92 bits per heavy atom. The third kappa shape index (κ3) is 2.65. The number of nitrogens with zero attached hydrogens (tertiary/aromatic N) is 1. The van der Waals surface area contributed by atoms with Crippen LogP contribution in [0.1, 0.15) is 18.1 Å². The third-order valence-corrected chi connectivity index (χ3v) is 4.18. The van der Waals surface area contributed by atoms with Crippen molar-refractivity contribution in [3.8, 4) is 16.9 Å². The molecule has 5 heteroatoms. The summed E-state index contributed by atoms with van der Waals surface area (Å²) in [7, 11) is 0. The molecule has 0 saturated carbocycles. The fraction of sp³-hybridized carbons (Fsp3) is 0.158. The molecule has 1 amide bonds. The molecule has 0 bridgehead atoms. The highest BCUT2D eigenvalue weighted by molar-refractivity contribution is 5.83. The van der Waals surface area contributed by atoms with Gasteiger partial charge in [0.2, 0.25) is 0 Å². The molecule has 2 N–H and O–H groups in total. The first-order valence-corrected chi connectivity index (χ1v) is 7.79. The lowest BCUT2D eigenvalue weighted by molar-refractivity contribution is 0.0766. The highest BCUT2D eigenvalue weighted by Gasteiger charge is 2.24. The number of carbonyl (C=O) groups is 1. The van der Waals surface area contributed by atoms with Crippen LogP contribution in [-0.4, -0.2) is 17.7 Å². The van der Waals surface area contributed by atoms with Gasteiger partial charge in [-0.2, -0.15) is 0 Å². The maximum absolute atomic E-state index is 11.0. The van der Waals surface area contributed by atoms with Crippen LogP contribution in [0.15, 0.2) is 54.7 Å². The lowest BCUT2D eigenvalue weighted by atomic mass is 9.98. The van der Waals surface area contributed by atoms with E-state index in [4.69, 9.17) is 15.2 Å². The molecule has 0 aliphatic carbocycles. The van der Waals surface area contributed by atoms with Crippen LogP contribution in [0.25, 0.3) is 22.0 Å². The highest BCUT2D eigenvalue weighted by Crippen LogP contribution is 2.37. The standard InChI is InChI=1S/C19H16N2O3/c20-19(22)24-17-7-8-23-18-10-12(5-6-15(17)18)14-9-13-3-1-2-4-16(13)21-11-14/h1-6,9-11,17H,7-8H2,(H2,20,22). The van der Waals surface area contributed by atoms with E-state index in [1.54, 1.807) is 0 Å². The second kappa shape index (κ2) is 5.85. The van der Waals surface area contributed by atoms with Gasteiger partial charge in [-0.15, -0.1) is 0 Å². The highest BCUT2D eigenvalue weighted by atomic mass is 16.6. The van der Waals surface area contributed by atoms with Crippen molar-refractivity contribution in [2.75, 3.05) is 6.61 Å². The Labute approximate surface area is 139 Å². The van der Waals surface area contributed by atoms with Gasteiger partial charge in [0.25, 0.3) is 0 Å². The minimum Gasteiger partial charge on any atom is -0.493 e. The molecule has 4 rings (SSSR count). The van der Waals surface area contributed by atoms with Crippen molar-refractivity contribution in [3.05, 3.63) is 60.3 Å². The topological polar surface area (TPSA) is 74.4 Å². The predicted octanol–water partition coefficient (Wildman–Crippen LogP) is 3.82. The van der Waals surface area contributed by atoms with Crippen molar-refractivity contribution in [1.29, 1.82) is 0 Å². The number of amides is 1. The van der Waals surface area contributed by atoms with Crippen molar-refractivity contribution in [3.63, 3.8) is 0 Å². The van der Waals surface area contributed by atoms with Gasteiger partial charge in [0, 0.05) is 29.1 Å². The molecule has 0 fully saturated rings. The van der Waals surface area contributed by atoms with Gasteiger partial charge in [-0.25, -0.2) is 4.79 Å². The largest absolute Gasteiger partial charge is 0.493 e. The number of benzene rings is 2. The van der Waals surface area contributed by atoms with E-state index in [2.05, 4.69) is 11.1 Å². The van der Waals surface area contributed by atoms with Crippen LogP contribution in [0.3, 0.4) is 0 Å². The average molecular weight is 320 g/mol. The molecule has 1 aliphatic heterocycles. The van der Waals surface area contributed by atoms with Crippen molar-refractivity contribution >= 4 is 17.0 Å². The van der Waals surface area contributed by atoms with Gasteiger partial charge in [-0.3, -0.25) is 4.98 Å². The van der Waals surface area contributed by atoms with Crippen molar-refractivity contribution in [1.82, 2.24) is 4.98 Å². The Bertz CT molecular complexity index is 923. The van der Waals surface area contributed by atoms with E-state index in [1.807, 2.05) is 48.7 Å². The predicted molar refractivity (Wildman–Crippen MR) is 90.7 cm³/mol. The molecule has 0 radical (unpaired) electrons. The van der Waals surface area contributed by atoms with Gasteiger partial charge in [-0.05, 0) is 23.8 Å². The molecule has 1 unspecified atom stereocenters. The van der Waals surface area contributed by atoms with E-state index in [1.165, 1.54) is 0 Å². The van der Waals surface area contributed by atoms with Crippen LogP contribution in [0.4, 0.5) is 4.79 Å². The molecule has 3 aromatic rings. The lowest BCUT2D eigenvalue weighted by Crippen LogP contribution is -2.22. The fourth-order valence-corrected chi connectivity index (χ4v) is 3.03. The molecule has 5 nitrogen and oxygen atoms in total. The first-order valence-electron chi connectivity index (χ1n) is 7.79. The van der Waals surface area contributed by atoms with Crippen molar-refractivity contribution in [2.45, 2.75) is 12.5 Å². The van der Waals surface area contributed by atoms with Crippen LogP contribution in [-0.2, 0) is 4.74 Å². The number of fused-ring (bicyclic) bond motifs is 2. The molecule has 120 valence electrons.